The van der Waals surface area contributed by atoms with E-state index in [9.17, 15) is 18.0 Å². The van der Waals surface area contributed by atoms with Crippen molar-refractivity contribution < 1.29 is 27.1 Å². The number of halogens is 3. The van der Waals surface area contributed by atoms with E-state index in [1.807, 2.05) is 4.90 Å². The van der Waals surface area contributed by atoms with Crippen molar-refractivity contribution in [1.29, 1.82) is 0 Å². The van der Waals surface area contributed by atoms with E-state index in [1.54, 1.807) is 24.3 Å². The van der Waals surface area contributed by atoms with Gasteiger partial charge in [-0.3, -0.25) is 9.69 Å². The second kappa shape index (κ2) is 9.70. The van der Waals surface area contributed by atoms with Gasteiger partial charge in [0.05, 0.1) is 6.10 Å². The molecule has 2 fully saturated rings. The third-order valence-corrected chi connectivity index (χ3v) is 6.45. The van der Waals surface area contributed by atoms with Gasteiger partial charge in [-0.1, -0.05) is 0 Å². The second-order valence-corrected chi connectivity index (χ2v) is 8.98. The maximum atomic E-state index is 12.9. The van der Waals surface area contributed by atoms with Crippen LogP contribution in [0.25, 0.3) is 11.5 Å². The SMILES string of the molecule is CC(C)N1CCN(C(=O)C2CCC(Oc3ccc(-c4nnc(C(F)(F)F)o4)cc3)CC2)CC1. The summed E-state index contributed by atoms with van der Waals surface area (Å²) < 4.78 is 48.6. The highest BCUT2D eigenvalue weighted by Gasteiger charge is 2.38. The molecule has 0 unspecified atom stereocenters. The lowest BCUT2D eigenvalue weighted by molar-refractivity contribution is -0.157. The molecule has 4 rings (SSSR count). The van der Waals surface area contributed by atoms with E-state index in [0.717, 1.165) is 51.9 Å². The van der Waals surface area contributed by atoms with E-state index in [2.05, 4.69) is 28.9 Å². The van der Waals surface area contributed by atoms with Crippen LogP contribution in [0.15, 0.2) is 28.7 Å². The molecular formula is C23H29F3N4O3. The van der Waals surface area contributed by atoms with Crippen LogP contribution in [0.2, 0.25) is 0 Å². The molecule has 1 aromatic carbocycles. The molecule has 0 bridgehead atoms. The zero-order valence-corrected chi connectivity index (χ0v) is 18.8. The van der Waals surface area contributed by atoms with Crippen molar-refractivity contribution in [2.45, 2.75) is 57.9 Å². The minimum atomic E-state index is -4.67. The van der Waals surface area contributed by atoms with Gasteiger partial charge in [-0.05, 0) is 63.8 Å². The van der Waals surface area contributed by atoms with Crippen molar-refractivity contribution >= 4 is 5.91 Å². The van der Waals surface area contributed by atoms with Gasteiger partial charge in [0.25, 0.3) is 0 Å². The molecule has 2 aliphatic rings. The van der Waals surface area contributed by atoms with Crippen LogP contribution in [0.3, 0.4) is 0 Å². The summed E-state index contributed by atoms with van der Waals surface area (Å²) >= 11 is 0. The topological polar surface area (TPSA) is 71.7 Å². The zero-order chi connectivity index (χ0) is 23.6. The third kappa shape index (κ3) is 5.66. The predicted octanol–water partition coefficient (Wildman–Crippen LogP) is 4.25. The van der Waals surface area contributed by atoms with Crippen LogP contribution in [0, 0.1) is 5.92 Å². The standard InChI is InChI=1S/C23H29F3N4O3/c1-15(2)29-11-13-30(14-12-29)21(31)17-5-9-19(10-6-17)32-18-7-3-16(4-8-18)20-27-28-22(33-20)23(24,25)26/h3-4,7-8,15,17,19H,5-6,9-14H2,1-2H3. The van der Waals surface area contributed by atoms with Crippen molar-refractivity contribution in [3.05, 3.63) is 30.2 Å². The Morgan fingerprint density at radius 3 is 2.21 bits per heavy atom. The minimum Gasteiger partial charge on any atom is -0.490 e. The first kappa shape index (κ1) is 23.5. The number of benzene rings is 1. The Hall–Kier alpha value is -2.62. The molecule has 2 heterocycles. The number of carbonyl (C=O) groups is 1. The van der Waals surface area contributed by atoms with E-state index >= 15 is 0 Å². The lowest BCUT2D eigenvalue weighted by atomic mass is 9.86. The molecule has 33 heavy (non-hydrogen) atoms. The number of rotatable bonds is 5. The summed E-state index contributed by atoms with van der Waals surface area (Å²) in [7, 11) is 0. The Bertz CT molecular complexity index is 929. The van der Waals surface area contributed by atoms with Gasteiger partial charge >= 0.3 is 12.1 Å². The largest absolute Gasteiger partial charge is 0.490 e. The summed E-state index contributed by atoms with van der Waals surface area (Å²) in [5, 5.41) is 6.50. The number of amides is 1. The molecule has 0 spiro atoms. The van der Waals surface area contributed by atoms with E-state index in [1.165, 1.54) is 0 Å². The number of nitrogens with zero attached hydrogens (tertiary/aromatic N) is 4. The first-order valence-electron chi connectivity index (χ1n) is 11.4. The van der Waals surface area contributed by atoms with E-state index in [0.29, 0.717) is 17.4 Å². The van der Waals surface area contributed by atoms with E-state index in [-0.39, 0.29) is 23.8 Å². The fourth-order valence-corrected chi connectivity index (χ4v) is 4.47. The summed E-state index contributed by atoms with van der Waals surface area (Å²) in [6, 6.07) is 7.05. The van der Waals surface area contributed by atoms with Gasteiger partial charge in [0.1, 0.15) is 5.75 Å². The van der Waals surface area contributed by atoms with Crippen molar-refractivity contribution in [3.63, 3.8) is 0 Å². The van der Waals surface area contributed by atoms with Crippen LogP contribution in [-0.4, -0.2) is 64.2 Å². The highest BCUT2D eigenvalue weighted by Crippen LogP contribution is 2.32. The minimum absolute atomic E-state index is 0.0120. The average molecular weight is 467 g/mol. The molecule has 0 atom stereocenters. The van der Waals surface area contributed by atoms with Gasteiger partial charge < -0.3 is 14.1 Å². The number of carbonyl (C=O) groups excluding carboxylic acids is 1. The van der Waals surface area contributed by atoms with Gasteiger partial charge in [-0.15, -0.1) is 10.2 Å². The lowest BCUT2D eigenvalue weighted by Crippen LogP contribution is -2.52. The number of piperazine rings is 1. The molecule has 7 nitrogen and oxygen atoms in total. The summed E-state index contributed by atoms with van der Waals surface area (Å²) in [5.41, 5.74) is 0.386. The Morgan fingerprint density at radius 2 is 1.67 bits per heavy atom. The van der Waals surface area contributed by atoms with Crippen LogP contribution in [0.5, 0.6) is 5.75 Å². The predicted molar refractivity (Wildman–Crippen MR) is 114 cm³/mol. The Labute approximate surface area is 190 Å². The Kier molecular flexibility index (Phi) is 6.92. The second-order valence-electron chi connectivity index (χ2n) is 8.98. The first-order chi connectivity index (χ1) is 15.7. The molecule has 10 heteroatoms. The van der Waals surface area contributed by atoms with Gasteiger partial charge in [0, 0.05) is 43.7 Å². The average Bonchev–Trinajstić information content (AvgIpc) is 3.31. The van der Waals surface area contributed by atoms with Gasteiger partial charge in [0.15, 0.2) is 0 Å². The number of hydrogen-bond donors (Lipinski definition) is 0. The normalized spacial score (nSPS) is 22.5. The molecule has 1 amide bonds. The summed E-state index contributed by atoms with van der Waals surface area (Å²) in [5.74, 6) is -0.626. The summed E-state index contributed by atoms with van der Waals surface area (Å²) in [4.78, 5) is 17.3. The van der Waals surface area contributed by atoms with Crippen molar-refractivity contribution in [2.24, 2.45) is 5.92 Å². The maximum absolute atomic E-state index is 12.9. The van der Waals surface area contributed by atoms with Crippen LogP contribution in [0.1, 0.15) is 45.4 Å². The Morgan fingerprint density at radius 1 is 1.03 bits per heavy atom. The summed E-state index contributed by atoms with van der Waals surface area (Å²) in [6.45, 7) is 7.81. The molecule has 0 radical (unpaired) electrons. The van der Waals surface area contributed by atoms with Gasteiger partial charge in [-0.25, -0.2) is 0 Å². The maximum Gasteiger partial charge on any atom is 0.470 e. The molecule has 1 aliphatic heterocycles. The molecular weight excluding hydrogens is 437 g/mol. The third-order valence-electron chi connectivity index (χ3n) is 6.45. The van der Waals surface area contributed by atoms with E-state index in [4.69, 9.17) is 9.15 Å². The van der Waals surface area contributed by atoms with Crippen LogP contribution < -0.4 is 4.74 Å². The molecule has 1 saturated heterocycles. The first-order valence-corrected chi connectivity index (χ1v) is 11.4. The van der Waals surface area contributed by atoms with Crippen LogP contribution >= 0.6 is 0 Å². The van der Waals surface area contributed by atoms with Crippen molar-refractivity contribution in [3.8, 4) is 17.2 Å². The zero-order valence-electron chi connectivity index (χ0n) is 18.8. The van der Waals surface area contributed by atoms with Gasteiger partial charge in [0.2, 0.25) is 11.8 Å². The van der Waals surface area contributed by atoms with Gasteiger partial charge in [-0.2, -0.15) is 13.2 Å². The fraction of sp³-hybridized carbons (Fsp3) is 0.609. The Balaban J connectivity index is 1.25. The molecule has 2 aromatic rings. The number of alkyl halides is 3. The number of aromatic nitrogens is 2. The highest BCUT2D eigenvalue weighted by atomic mass is 19.4. The molecule has 0 N–H and O–H groups in total. The number of ether oxygens (including phenoxy) is 1. The smallest absolute Gasteiger partial charge is 0.470 e. The lowest BCUT2D eigenvalue weighted by Gasteiger charge is -2.39. The monoisotopic (exact) mass is 466 g/mol. The molecule has 1 saturated carbocycles. The van der Waals surface area contributed by atoms with Crippen LogP contribution in [-0.2, 0) is 11.0 Å². The van der Waals surface area contributed by atoms with Crippen molar-refractivity contribution in [2.75, 3.05) is 26.2 Å². The molecule has 1 aromatic heterocycles. The number of hydrogen-bond acceptors (Lipinski definition) is 6. The highest BCUT2D eigenvalue weighted by molar-refractivity contribution is 5.79. The quantitative estimate of drug-likeness (QED) is 0.656. The molecule has 1 aliphatic carbocycles. The molecule has 180 valence electrons. The van der Waals surface area contributed by atoms with E-state index < -0.39 is 12.1 Å². The van der Waals surface area contributed by atoms with Crippen LogP contribution in [0.4, 0.5) is 13.2 Å². The van der Waals surface area contributed by atoms with Crippen molar-refractivity contribution in [1.82, 2.24) is 20.0 Å². The fourth-order valence-electron chi connectivity index (χ4n) is 4.47. The summed E-state index contributed by atoms with van der Waals surface area (Å²) in [6.07, 6.45) is -1.47.